The Morgan fingerprint density at radius 2 is 1.74 bits per heavy atom. The van der Waals surface area contributed by atoms with Gasteiger partial charge in [0.05, 0.1) is 0 Å². The zero-order valence-corrected chi connectivity index (χ0v) is 13.7. The molecule has 1 N–H and O–H groups in total. The standard InChI is InChI=1S/C16H30N2S/c1-4-6-8-10-15(11-9-7-5-2)17-12-16-18-14(3)13-19-16/h13,15,17H,4-12H2,1-3H3. The summed E-state index contributed by atoms with van der Waals surface area (Å²) in [5, 5.41) is 7.08. The van der Waals surface area contributed by atoms with Gasteiger partial charge in [-0.1, -0.05) is 52.4 Å². The quantitative estimate of drug-likeness (QED) is 0.573. The number of thiazole rings is 1. The maximum atomic E-state index is 4.53. The highest BCUT2D eigenvalue weighted by molar-refractivity contribution is 7.09. The molecule has 0 aliphatic heterocycles. The van der Waals surface area contributed by atoms with E-state index >= 15 is 0 Å². The lowest BCUT2D eigenvalue weighted by atomic mass is 10.0. The highest BCUT2D eigenvalue weighted by atomic mass is 32.1. The van der Waals surface area contributed by atoms with Gasteiger partial charge in [0.15, 0.2) is 0 Å². The van der Waals surface area contributed by atoms with Crippen LogP contribution in [0.15, 0.2) is 5.38 Å². The number of nitrogens with zero attached hydrogens (tertiary/aromatic N) is 1. The van der Waals surface area contributed by atoms with Crippen LogP contribution >= 0.6 is 11.3 Å². The average Bonchev–Trinajstić information content (AvgIpc) is 2.81. The molecule has 0 unspecified atom stereocenters. The molecule has 110 valence electrons. The molecule has 0 amide bonds. The Balaban J connectivity index is 2.29. The molecule has 1 aromatic rings. The number of hydrogen-bond donors (Lipinski definition) is 1. The summed E-state index contributed by atoms with van der Waals surface area (Å²) >= 11 is 1.77. The van der Waals surface area contributed by atoms with Gasteiger partial charge in [0.2, 0.25) is 0 Å². The zero-order valence-electron chi connectivity index (χ0n) is 12.9. The van der Waals surface area contributed by atoms with Crippen molar-refractivity contribution in [3.8, 4) is 0 Å². The third-order valence-corrected chi connectivity index (χ3v) is 4.49. The first-order chi connectivity index (χ1) is 9.26. The van der Waals surface area contributed by atoms with Crippen LogP contribution in [0.25, 0.3) is 0 Å². The van der Waals surface area contributed by atoms with E-state index in [1.807, 2.05) is 0 Å². The second kappa shape index (κ2) is 10.4. The van der Waals surface area contributed by atoms with Gasteiger partial charge >= 0.3 is 0 Å². The molecule has 1 rings (SSSR count). The number of aromatic nitrogens is 1. The summed E-state index contributed by atoms with van der Waals surface area (Å²) in [6, 6.07) is 0.683. The Kier molecular flexibility index (Phi) is 9.10. The van der Waals surface area contributed by atoms with Crippen molar-refractivity contribution < 1.29 is 0 Å². The molecule has 3 heteroatoms. The van der Waals surface area contributed by atoms with Crippen LogP contribution < -0.4 is 5.32 Å². The number of unbranched alkanes of at least 4 members (excludes halogenated alkanes) is 4. The van der Waals surface area contributed by atoms with Crippen molar-refractivity contribution in [2.75, 3.05) is 0 Å². The maximum absolute atomic E-state index is 4.53. The van der Waals surface area contributed by atoms with Gasteiger partial charge in [-0.05, 0) is 19.8 Å². The fourth-order valence-corrected chi connectivity index (χ4v) is 3.07. The average molecular weight is 282 g/mol. The molecule has 0 atom stereocenters. The molecular formula is C16H30N2S. The first-order valence-corrected chi connectivity index (χ1v) is 8.78. The fraction of sp³-hybridized carbons (Fsp3) is 0.812. The van der Waals surface area contributed by atoms with Crippen LogP contribution in [0.5, 0.6) is 0 Å². The molecule has 0 radical (unpaired) electrons. The maximum Gasteiger partial charge on any atom is 0.107 e. The predicted octanol–water partition coefficient (Wildman–Crippen LogP) is 5.07. The van der Waals surface area contributed by atoms with Crippen molar-refractivity contribution in [1.29, 1.82) is 0 Å². The SMILES string of the molecule is CCCCCC(CCCCC)NCc1nc(C)cs1. The van der Waals surface area contributed by atoms with E-state index in [-0.39, 0.29) is 0 Å². The zero-order chi connectivity index (χ0) is 13.9. The number of nitrogens with one attached hydrogen (secondary N) is 1. The summed E-state index contributed by atoms with van der Waals surface area (Å²) in [6.07, 6.45) is 10.7. The summed E-state index contributed by atoms with van der Waals surface area (Å²) < 4.78 is 0. The Hall–Kier alpha value is -0.410. The summed E-state index contributed by atoms with van der Waals surface area (Å²) in [5.74, 6) is 0. The summed E-state index contributed by atoms with van der Waals surface area (Å²) in [6.45, 7) is 7.57. The van der Waals surface area contributed by atoms with Gasteiger partial charge in [-0.2, -0.15) is 0 Å². The lowest BCUT2D eigenvalue weighted by Crippen LogP contribution is -2.28. The molecule has 0 aliphatic carbocycles. The Morgan fingerprint density at radius 3 is 2.21 bits per heavy atom. The third kappa shape index (κ3) is 7.68. The van der Waals surface area contributed by atoms with E-state index in [4.69, 9.17) is 0 Å². The third-order valence-electron chi connectivity index (χ3n) is 3.52. The van der Waals surface area contributed by atoms with E-state index in [0.717, 1.165) is 12.2 Å². The molecule has 1 heterocycles. The highest BCUT2D eigenvalue weighted by Gasteiger charge is 2.08. The predicted molar refractivity (Wildman–Crippen MR) is 85.8 cm³/mol. The van der Waals surface area contributed by atoms with Crippen LogP contribution in [0.1, 0.15) is 75.9 Å². The van der Waals surface area contributed by atoms with Gasteiger partial charge in [0.25, 0.3) is 0 Å². The van der Waals surface area contributed by atoms with E-state index in [2.05, 4.69) is 36.5 Å². The van der Waals surface area contributed by atoms with Crippen LogP contribution in [0, 0.1) is 6.92 Å². The topological polar surface area (TPSA) is 24.9 Å². The second-order valence-corrected chi connectivity index (χ2v) is 6.39. The first kappa shape index (κ1) is 16.6. The van der Waals surface area contributed by atoms with E-state index < -0.39 is 0 Å². The number of hydrogen-bond acceptors (Lipinski definition) is 3. The van der Waals surface area contributed by atoms with Crippen molar-refractivity contribution in [2.24, 2.45) is 0 Å². The van der Waals surface area contributed by atoms with Gasteiger partial charge in [0, 0.05) is 23.7 Å². The fourth-order valence-electron chi connectivity index (χ4n) is 2.35. The number of aryl methyl sites for hydroxylation is 1. The molecule has 0 aliphatic rings. The Morgan fingerprint density at radius 1 is 1.11 bits per heavy atom. The lowest BCUT2D eigenvalue weighted by molar-refractivity contribution is 0.417. The molecule has 0 saturated heterocycles. The van der Waals surface area contributed by atoms with E-state index in [1.54, 1.807) is 11.3 Å². The molecule has 0 spiro atoms. The van der Waals surface area contributed by atoms with Crippen LogP contribution in [0.2, 0.25) is 0 Å². The summed E-state index contributed by atoms with van der Waals surface area (Å²) in [5.41, 5.74) is 1.15. The smallest absolute Gasteiger partial charge is 0.107 e. The lowest BCUT2D eigenvalue weighted by Gasteiger charge is -2.18. The van der Waals surface area contributed by atoms with Gasteiger partial charge in [-0.25, -0.2) is 4.98 Å². The van der Waals surface area contributed by atoms with Gasteiger partial charge < -0.3 is 5.32 Å². The Labute approximate surface area is 123 Å². The monoisotopic (exact) mass is 282 g/mol. The summed E-state index contributed by atoms with van der Waals surface area (Å²) in [4.78, 5) is 4.53. The molecule has 19 heavy (non-hydrogen) atoms. The van der Waals surface area contributed by atoms with Crippen molar-refractivity contribution >= 4 is 11.3 Å². The van der Waals surface area contributed by atoms with Gasteiger partial charge in [-0.3, -0.25) is 0 Å². The molecule has 0 fully saturated rings. The molecule has 0 aromatic carbocycles. The normalized spacial score (nSPS) is 11.4. The van der Waals surface area contributed by atoms with Gasteiger partial charge in [0.1, 0.15) is 5.01 Å². The van der Waals surface area contributed by atoms with E-state index in [9.17, 15) is 0 Å². The van der Waals surface area contributed by atoms with Crippen LogP contribution in [-0.2, 0) is 6.54 Å². The van der Waals surface area contributed by atoms with Crippen LogP contribution in [-0.4, -0.2) is 11.0 Å². The minimum Gasteiger partial charge on any atom is -0.308 e. The van der Waals surface area contributed by atoms with Gasteiger partial charge in [-0.15, -0.1) is 11.3 Å². The first-order valence-electron chi connectivity index (χ1n) is 7.90. The molecule has 0 bridgehead atoms. The van der Waals surface area contributed by atoms with E-state index in [1.165, 1.54) is 56.4 Å². The van der Waals surface area contributed by atoms with Crippen molar-refractivity contribution in [1.82, 2.24) is 10.3 Å². The Bertz CT molecular complexity index is 312. The van der Waals surface area contributed by atoms with Crippen molar-refractivity contribution in [2.45, 2.75) is 84.7 Å². The summed E-state index contributed by atoms with van der Waals surface area (Å²) in [7, 11) is 0. The second-order valence-electron chi connectivity index (χ2n) is 5.45. The minimum absolute atomic E-state index is 0.683. The largest absolute Gasteiger partial charge is 0.308 e. The van der Waals surface area contributed by atoms with Crippen molar-refractivity contribution in [3.63, 3.8) is 0 Å². The highest BCUT2D eigenvalue weighted by Crippen LogP contribution is 2.13. The van der Waals surface area contributed by atoms with E-state index in [0.29, 0.717) is 6.04 Å². The van der Waals surface area contributed by atoms with Crippen molar-refractivity contribution in [3.05, 3.63) is 16.1 Å². The number of rotatable bonds is 11. The molecule has 0 saturated carbocycles. The van der Waals surface area contributed by atoms with Crippen LogP contribution in [0.4, 0.5) is 0 Å². The van der Waals surface area contributed by atoms with Crippen LogP contribution in [0.3, 0.4) is 0 Å². The molecular weight excluding hydrogens is 252 g/mol. The minimum atomic E-state index is 0.683. The molecule has 1 aromatic heterocycles. The molecule has 2 nitrogen and oxygen atoms in total.